The molecule has 1 aliphatic heterocycles. The van der Waals surface area contributed by atoms with E-state index < -0.39 is 40.9 Å². The van der Waals surface area contributed by atoms with Crippen molar-refractivity contribution in [2.45, 2.75) is 89.7 Å². The average Bonchev–Trinajstić information content (AvgIpc) is 3.57. The van der Waals surface area contributed by atoms with Crippen LogP contribution in [0, 0.1) is 35.0 Å². The van der Waals surface area contributed by atoms with E-state index in [4.69, 9.17) is 9.73 Å². The van der Waals surface area contributed by atoms with Crippen LogP contribution in [0.25, 0.3) is 0 Å². The van der Waals surface area contributed by atoms with Gasteiger partial charge in [0.2, 0.25) is 0 Å². The van der Waals surface area contributed by atoms with Crippen LogP contribution in [0.1, 0.15) is 77.1 Å². The van der Waals surface area contributed by atoms with Crippen LogP contribution in [-0.2, 0) is 9.53 Å². The predicted octanol–water partition coefficient (Wildman–Crippen LogP) is 5.28. The van der Waals surface area contributed by atoms with Crippen molar-refractivity contribution in [3.63, 3.8) is 0 Å². The lowest BCUT2D eigenvalue weighted by Gasteiger charge is -2.59. The first-order valence-corrected chi connectivity index (χ1v) is 15.9. The highest BCUT2D eigenvalue weighted by Crippen LogP contribution is 2.76. The SMILES string of the molecule is CC(C)CC(C)CNC(=O)c1ccc(N=C2C=C[C@@]3(C)C(=C2)CC[C@H]2[C@@H]4C[C@@H](C)[C@@]5(C(=O)CO)O[C@]45C[C@H](O)[C@@]23F)cc1. The molecule has 3 N–H and O–H groups in total. The van der Waals surface area contributed by atoms with Crippen molar-refractivity contribution >= 4 is 23.1 Å². The van der Waals surface area contributed by atoms with Crippen LogP contribution in [-0.4, -0.2) is 63.7 Å². The Bertz CT molecular complexity index is 1400. The molecule has 9 atom stereocenters. The Morgan fingerprint density at radius 1 is 1.19 bits per heavy atom. The Morgan fingerprint density at radius 2 is 1.91 bits per heavy atom. The van der Waals surface area contributed by atoms with E-state index in [-0.39, 0.29) is 29.9 Å². The van der Waals surface area contributed by atoms with Gasteiger partial charge in [0, 0.05) is 29.9 Å². The third-order valence-corrected chi connectivity index (χ3v) is 11.4. The molecule has 0 radical (unpaired) electrons. The monoisotopic (exact) mass is 592 g/mol. The second-order valence-corrected chi connectivity index (χ2v) is 14.4. The van der Waals surface area contributed by atoms with Crippen molar-refractivity contribution in [1.29, 1.82) is 0 Å². The van der Waals surface area contributed by atoms with Gasteiger partial charge in [-0.15, -0.1) is 0 Å². The molecule has 3 saturated carbocycles. The normalized spacial score (nSPS) is 40.7. The van der Waals surface area contributed by atoms with Gasteiger partial charge in [-0.25, -0.2) is 9.38 Å². The van der Waals surface area contributed by atoms with Gasteiger partial charge in [-0.2, -0.15) is 0 Å². The Labute approximate surface area is 253 Å². The molecule has 232 valence electrons. The number of carbonyl (C=O) groups excluding carboxylic acids is 2. The van der Waals surface area contributed by atoms with Gasteiger partial charge in [0.1, 0.15) is 12.2 Å². The summed E-state index contributed by atoms with van der Waals surface area (Å²) in [4.78, 5) is 30.2. The van der Waals surface area contributed by atoms with E-state index in [1.165, 1.54) is 0 Å². The van der Waals surface area contributed by atoms with Crippen molar-refractivity contribution < 1.29 is 28.9 Å². The fourth-order valence-corrected chi connectivity index (χ4v) is 9.42. The fourth-order valence-electron chi connectivity index (χ4n) is 9.42. The fraction of sp³-hybridized carbons (Fsp3) is 0.629. The lowest BCUT2D eigenvalue weighted by Crippen LogP contribution is -2.66. The standard InChI is InChI=1S/C35H45FN2O5/c1-20(2)14-21(3)18-37-31(42)23-6-9-25(10-7-23)38-26-12-13-32(5)24(16-26)8-11-27-28-15-22(4)35(30(41)19-39)33(28,43-35)17-29(40)34(27,32)36/h6-7,9-10,12-13,16,20-22,27-29,39-40H,8,11,14-15,17-19H2,1-5H3,(H,37,42)/t21?,22-,27+,28+,29+,32+,33-,34+,35+/m1/s1. The number of nitrogens with zero attached hydrogens (tertiary/aromatic N) is 1. The molecule has 1 spiro atoms. The van der Waals surface area contributed by atoms with Gasteiger partial charge < -0.3 is 20.3 Å². The third-order valence-electron chi connectivity index (χ3n) is 11.4. The topological polar surface area (TPSA) is 112 Å². The van der Waals surface area contributed by atoms with Crippen molar-refractivity contribution in [2.75, 3.05) is 13.2 Å². The van der Waals surface area contributed by atoms with Gasteiger partial charge in [0.25, 0.3) is 5.91 Å². The number of hydrogen-bond donors (Lipinski definition) is 3. The number of halogens is 1. The molecule has 5 aliphatic rings. The van der Waals surface area contributed by atoms with Crippen molar-refractivity contribution in [3.8, 4) is 0 Å². The smallest absolute Gasteiger partial charge is 0.251 e. The first kappa shape index (κ1) is 30.4. The van der Waals surface area contributed by atoms with E-state index in [0.717, 1.165) is 12.0 Å². The van der Waals surface area contributed by atoms with Crippen LogP contribution in [0.4, 0.5) is 10.1 Å². The molecule has 8 heteroatoms. The lowest BCUT2D eigenvalue weighted by atomic mass is 9.48. The first-order valence-electron chi connectivity index (χ1n) is 15.9. The molecule has 7 nitrogen and oxygen atoms in total. The first-order chi connectivity index (χ1) is 20.3. The van der Waals surface area contributed by atoms with Crippen molar-refractivity contribution in [2.24, 2.45) is 40.0 Å². The number of allylic oxidation sites excluding steroid dienone is 4. The summed E-state index contributed by atoms with van der Waals surface area (Å²) < 4.78 is 23.7. The number of hydrogen-bond acceptors (Lipinski definition) is 6. The largest absolute Gasteiger partial charge is 0.390 e. The quantitative estimate of drug-likeness (QED) is 0.356. The summed E-state index contributed by atoms with van der Waals surface area (Å²) in [6.45, 7) is 10.3. The van der Waals surface area contributed by atoms with Gasteiger partial charge in [-0.1, -0.05) is 39.3 Å². The number of aliphatic imine (C=N–C) groups is 1. The lowest BCUT2D eigenvalue weighted by molar-refractivity contribution is -0.179. The number of benzene rings is 1. The molecule has 43 heavy (non-hydrogen) atoms. The van der Waals surface area contributed by atoms with Crippen LogP contribution < -0.4 is 5.32 Å². The Balaban J connectivity index is 1.19. The van der Waals surface area contributed by atoms with Gasteiger partial charge in [-0.3, -0.25) is 9.59 Å². The number of carbonyl (C=O) groups is 2. The van der Waals surface area contributed by atoms with Crippen molar-refractivity contribution in [1.82, 2.24) is 5.32 Å². The van der Waals surface area contributed by atoms with E-state index >= 15 is 4.39 Å². The van der Waals surface area contributed by atoms with E-state index in [2.05, 4.69) is 26.1 Å². The number of amides is 1. The molecule has 0 bridgehead atoms. The third kappa shape index (κ3) is 4.34. The number of fused-ring (bicyclic) bond motifs is 4. The van der Waals surface area contributed by atoms with Gasteiger partial charge in [0.05, 0.1) is 17.5 Å². The highest BCUT2D eigenvalue weighted by molar-refractivity contribution is 6.07. The summed E-state index contributed by atoms with van der Waals surface area (Å²) in [5.74, 6) is -0.252. The summed E-state index contributed by atoms with van der Waals surface area (Å²) in [5, 5.41) is 24.2. The van der Waals surface area contributed by atoms with E-state index in [9.17, 15) is 19.8 Å². The molecular formula is C35H45FN2O5. The number of aliphatic hydroxyl groups is 2. The number of aliphatic hydroxyl groups excluding tert-OH is 2. The van der Waals surface area contributed by atoms with E-state index in [1.807, 2.05) is 44.2 Å². The van der Waals surface area contributed by atoms with Gasteiger partial charge in [-0.05, 0) is 92.7 Å². The minimum Gasteiger partial charge on any atom is -0.390 e. The van der Waals surface area contributed by atoms with Crippen LogP contribution >= 0.6 is 0 Å². The minimum absolute atomic E-state index is 0.0506. The molecule has 0 aromatic heterocycles. The van der Waals surface area contributed by atoms with Crippen LogP contribution in [0.3, 0.4) is 0 Å². The molecule has 6 rings (SSSR count). The second kappa shape index (κ2) is 10.5. The highest BCUT2D eigenvalue weighted by atomic mass is 19.1. The van der Waals surface area contributed by atoms with Crippen LogP contribution in [0.15, 0.2) is 53.1 Å². The number of alkyl halides is 1. The van der Waals surface area contributed by atoms with Crippen molar-refractivity contribution in [3.05, 3.63) is 53.6 Å². The maximum absolute atomic E-state index is 17.5. The summed E-state index contributed by atoms with van der Waals surface area (Å²) >= 11 is 0. The molecule has 4 aliphatic carbocycles. The Morgan fingerprint density at radius 3 is 2.58 bits per heavy atom. The minimum atomic E-state index is -1.92. The number of ether oxygens (including phenoxy) is 1. The molecular weight excluding hydrogens is 547 g/mol. The number of ketones is 1. The number of nitrogens with one attached hydrogen (secondary N) is 1. The predicted molar refractivity (Wildman–Crippen MR) is 163 cm³/mol. The second-order valence-electron chi connectivity index (χ2n) is 14.4. The average molecular weight is 593 g/mol. The zero-order valence-electron chi connectivity index (χ0n) is 25.9. The Hall–Kier alpha value is -2.68. The molecule has 1 aromatic rings. The van der Waals surface area contributed by atoms with Crippen LogP contribution in [0.2, 0.25) is 0 Å². The van der Waals surface area contributed by atoms with E-state index in [1.54, 1.807) is 12.1 Å². The van der Waals surface area contributed by atoms with Gasteiger partial charge in [0.15, 0.2) is 17.1 Å². The molecule has 1 aromatic carbocycles. The molecule has 4 fully saturated rings. The molecule has 1 saturated heterocycles. The molecule has 1 unspecified atom stereocenters. The summed E-state index contributed by atoms with van der Waals surface area (Å²) in [6.07, 6.45) is 7.26. The zero-order valence-corrected chi connectivity index (χ0v) is 25.9. The Kier molecular flexibility index (Phi) is 7.38. The van der Waals surface area contributed by atoms with E-state index in [0.29, 0.717) is 54.6 Å². The number of Topliss-reactive ketones (excluding diaryl/α,β-unsaturated/α-hetero) is 1. The summed E-state index contributed by atoms with van der Waals surface area (Å²) in [7, 11) is 0. The van der Waals surface area contributed by atoms with Gasteiger partial charge >= 0.3 is 0 Å². The maximum atomic E-state index is 17.5. The molecule has 1 amide bonds. The number of epoxide rings is 1. The zero-order chi connectivity index (χ0) is 30.9. The maximum Gasteiger partial charge on any atom is 0.251 e. The summed E-state index contributed by atoms with van der Waals surface area (Å²) in [5.41, 5.74) is -2.05. The van der Waals surface area contributed by atoms with Crippen LogP contribution in [0.5, 0.6) is 0 Å². The highest BCUT2D eigenvalue weighted by Gasteiger charge is 2.87. The summed E-state index contributed by atoms with van der Waals surface area (Å²) in [6, 6.07) is 7.17. The molecule has 1 heterocycles. The number of rotatable bonds is 8.